The van der Waals surface area contributed by atoms with E-state index >= 15 is 0 Å². The molecule has 2 aliphatic rings. The summed E-state index contributed by atoms with van der Waals surface area (Å²) in [5.41, 5.74) is 0.610. The highest BCUT2D eigenvalue weighted by Gasteiger charge is 2.49. The number of likely N-dealkylation sites (tertiary alicyclic amines) is 1. The van der Waals surface area contributed by atoms with Gasteiger partial charge in [0.15, 0.2) is 0 Å². The molecule has 0 spiro atoms. The maximum Gasteiger partial charge on any atom is 0.326 e. The molecule has 1 saturated carbocycles. The summed E-state index contributed by atoms with van der Waals surface area (Å²) >= 11 is 2.13. The summed E-state index contributed by atoms with van der Waals surface area (Å²) in [6, 6.07) is 6.71. The molecule has 3 unspecified atom stereocenters. The van der Waals surface area contributed by atoms with Gasteiger partial charge in [0.05, 0.1) is 5.56 Å². The van der Waals surface area contributed by atoms with Crippen molar-refractivity contribution in [3.05, 3.63) is 33.4 Å². The number of hydrogen-bond acceptors (Lipinski definition) is 2. The second kappa shape index (κ2) is 5.35. The summed E-state index contributed by atoms with van der Waals surface area (Å²) < 4.78 is 0.872. The van der Waals surface area contributed by atoms with E-state index in [9.17, 15) is 14.7 Å². The molecular weight excluding hydrogens is 369 g/mol. The molecule has 3 atom stereocenters. The number of carboxylic acid groups (broad SMARTS) is 1. The van der Waals surface area contributed by atoms with Crippen LogP contribution in [0.3, 0.4) is 0 Å². The van der Waals surface area contributed by atoms with Crippen LogP contribution in [-0.4, -0.2) is 34.5 Å². The maximum atomic E-state index is 12.7. The fourth-order valence-corrected chi connectivity index (χ4v) is 4.24. The largest absolute Gasteiger partial charge is 0.480 e. The van der Waals surface area contributed by atoms with E-state index in [-0.39, 0.29) is 11.8 Å². The van der Waals surface area contributed by atoms with Crippen LogP contribution in [0.15, 0.2) is 24.3 Å². The molecule has 2 fully saturated rings. The van der Waals surface area contributed by atoms with Crippen LogP contribution in [0.5, 0.6) is 0 Å². The monoisotopic (exact) mass is 385 g/mol. The van der Waals surface area contributed by atoms with Crippen LogP contribution in [0.4, 0.5) is 0 Å². The molecule has 0 radical (unpaired) electrons. The van der Waals surface area contributed by atoms with Crippen LogP contribution in [0.2, 0.25) is 0 Å². The van der Waals surface area contributed by atoms with Gasteiger partial charge in [0, 0.05) is 10.1 Å². The van der Waals surface area contributed by atoms with E-state index in [1.165, 1.54) is 0 Å². The van der Waals surface area contributed by atoms with Crippen LogP contribution < -0.4 is 0 Å². The minimum Gasteiger partial charge on any atom is -0.480 e. The molecule has 20 heavy (non-hydrogen) atoms. The number of hydrogen-bond donors (Lipinski definition) is 1. The number of benzene rings is 1. The molecule has 0 aromatic heterocycles. The predicted molar refractivity (Wildman–Crippen MR) is 82.5 cm³/mol. The molecule has 1 heterocycles. The quantitative estimate of drug-likeness (QED) is 0.797. The first kappa shape index (κ1) is 13.9. The number of carboxylic acids is 1. The molecule has 1 aliphatic heterocycles. The zero-order valence-electron chi connectivity index (χ0n) is 11.0. The summed E-state index contributed by atoms with van der Waals surface area (Å²) in [5, 5.41) is 9.50. The van der Waals surface area contributed by atoms with Crippen LogP contribution in [0.1, 0.15) is 29.6 Å². The smallest absolute Gasteiger partial charge is 0.326 e. The van der Waals surface area contributed by atoms with E-state index in [1.54, 1.807) is 11.0 Å². The van der Waals surface area contributed by atoms with Gasteiger partial charge in [-0.1, -0.05) is 18.6 Å². The van der Waals surface area contributed by atoms with Gasteiger partial charge in [-0.15, -0.1) is 0 Å². The first-order chi connectivity index (χ1) is 9.59. The van der Waals surface area contributed by atoms with Crippen molar-refractivity contribution in [1.82, 2.24) is 4.90 Å². The Bertz CT molecular complexity index is 560. The van der Waals surface area contributed by atoms with Crippen molar-refractivity contribution in [2.45, 2.75) is 25.3 Å². The van der Waals surface area contributed by atoms with Crippen LogP contribution in [-0.2, 0) is 4.79 Å². The number of nitrogens with zero attached hydrogens (tertiary/aromatic N) is 1. The third-order valence-electron chi connectivity index (χ3n) is 4.51. The first-order valence-corrected chi connectivity index (χ1v) is 7.96. The standard InChI is InChI=1S/C15H16INO3/c16-12-7-2-1-5-11(12)14(18)17-8-9-4-3-6-10(9)13(17)15(19)20/h1-2,5,7,9-10,13H,3-4,6,8H2,(H,19,20). The van der Waals surface area contributed by atoms with Crippen LogP contribution in [0.25, 0.3) is 0 Å². The van der Waals surface area contributed by atoms with Gasteiger partial charge in [0.2, 0.25) is 0 Å². The molecule has 1 N–H and O–H groups in total. The summed E-state index contributed by atoms with van der Waals surface area (Å²) in [6.45, 7) is 0.589. The number of halogens is 1. The van der Waals surface area contributed by atoms with Crippen molar-refractivity contribution in [3.63, 3.8) is 0 Å². The van der Waals surface area contributed by atoms with Crippen molar-refractivity contribution in [3.8, 4) is 0 Å². The lowest BCUT2D eigenvalue weighted by Gasteiger charge is -2.24. The molecule has 106 valence electrons. The third kappa shape index (κ3) is 2.21. The third-order valence-corrected chi connectivity index (χ3v) is 5.45. The van der Waals surface area contributed by atoms with Gasteiger partial charge >= 0.3 is 5.97 Å². The van der Waals surface area contributed by atoms with Gasteiger partial charge in [0.25, 0.3) is 5.91 Å². The van der Waals surface area contributed by atoms with E-state index in [0.717, 1.165) is 22.8 Å². The van der Waals surface area contributed by atoms with E-state index in [4.69, 9.17) is 0 Å². The van der Waals surface area contributed by atoms with Gasteiger partial charge < -0.3 is 10.0 Å². The SMILES string of the molecule is O=C(O)C1C2CCCC2CN1C(=O)c1ccccc1I. The highest BCUT2D eigenvalue weighted by Crippen LogP contribution is 2.42. The highest BCUT2D eigenvalue weighted by atomic mass is 127. The van der Waals surface area contributed by atoms with E-state index in [2.05, 4.69) is 22.6 Å². The molecule has 1 aromatic rings. The molecule has 3 rings (SSSR count). The lowest BCUT2D eigenvalue weighted by Crippen LogP contribution is -2.43. The zero-order valence-corrected chi connectivity index (χ0v) is 13.1. The Kier molecular flexibility index (Phi) is 3.70. The number of aliphatic carboxylic acids is 1. The number of amides is 1. The fraction of sp³-hybridized carbons (Fsp3) is 0.467. The molecule has 1 amide bonds. The number of carbonyl (C=O) groups excluding carboxylic acids is 1. The lowest BCUT2D eigenvalue weighted by atomic mass is 9.94. The van der Waals surface area contributed by atoms with Crippen molar-refractivity contribution >= 4 is 34.5 Å². The maximum absolute atomic E-state index is 12.7. The van der Waals surface area contributed by atoms with Crippen molar-refractivity contribution < 1.29 is 14.7 Å². The predicted octanol–water partition coefficient (Wildman–Crippen LogP) is 2.62. The molecular formula is C15H16INO3. The molecule has 5 heteroatoms. The fourth-order valence-electron chi connectivity index (χ4n) is 3.62. The minimum absolute atomic E-state index is 0.137. The Labute approximate surface area is 131 Å². The first-order valence-electron chi connectivity index (χ1n) is 6.88. The second-order valence-corrected chi connectivity index (χ2v) is 6.74. The average molecular weight is 385 g/mol. The van der Waals surface area contributed by atoms with E-state index < -0.39 is 12.0 Å². The van der Waals surface area contributed by atoms with Gasteiger partial charge in [-0.25, -0.2) is 4.79 Å². The number of rotatable bonds is 2. The molecule has 1 aliphatic carbocycles. The van der Waals surface area contributed by atoms with Gasteiger partial charge in [-0.2, -0.15) is 0 Å². The van der Waals surface area contributed by atoms with Crippen molar-refractivity contribution in [2.24, 2.45) is 11.8 Å². The van der Waals surface area contributed by atoms with E-state index in [1.807, 2.05) is 18.2 Å². The van der Waals surface area contributed by atoms with Crippen molar-refractivity contribution in [2.75, 3.05) is 6.54 Å². The topological polar surface area (TPSA) is 57.6 Å². The van der Waals surface area contributed by atoms with E-state index in [0.29, 0.717) is 18.0 Å². The van der Waals surface area contributed by atoms with Crippen LogP contribution >= 0.6 is 22.6 Å². The van der Waals surface area contributed by atoms with Crippen LogP contribution in [0, 0.1) is 15.4 Å². The van der Waals surface area contributed by atoms with Gasteiger partial charge in [-0.05, 0) is 59.4 Å². The Hall–Kier alpha value is -1.11. The normalized spacial score (nSPS) is 28.4. The highest BCUT2D eigenvalue weighted by molar-refractivity contribution is 14.1. The Morgan fingerprint density at radius 3 is 2.70 bits per heavy atom. The van der Waals surface area contributed by atoms with Gasteiger partial charge in [0.1, 0.15) is 6.04 Å². The Morgan fingerprint density at radius 2 is 2.00 bits per heavy atom. The van der Waals surface area contributed by atoms with Gasteiger partial charge in [-0.3, -0.25) is 4.79 Å². The summed E-state index contributed by atoms with van der Waals surface area (Å²) in [7, 11) is 0. The summed E-state index contributed by atoms with van der Waals surface area (Å²) in [5.74, 6) is -0.505. The molecule has 0 bridgehead atoms. The number of carbonyl (C=O) groups is 2. The number of fused-ring (bicyclic) bond motifs is 1. The average Bonchev–Trinajstić information content (AvgIpc) is 2.97. The lowest BCUT2D eigenvalue weighted by molar-refractivity contribution is -0.142. The minimum atomic E-state index is -0.862. The summed E-state index contributed by atoms with van der Waals surface area (Å²) in [4.78, 5) is 25.8. The molecule has 4 nitrogen and oxygen atoms in total. The van der Waals surface area contributed by atoms with Crippen molar-refractivity contribution in [1.29, 1.82) is 0 Å². The summed E-state index contributed by atoms with van der Waals surface area (Å²) in [6.07, 6.45) is 3.06. The second-order valence-electron chi connectivity index (χ2n) is 5.58. The Balaban J connectivity index is 1.91. The Morgan fingerprint density at radius 1 is 1.25 bits per heavy atom. The zero-order chi connectivity index (χ0) is 14.3. The molecule has 1 aromatic carbocycles. The molecule has 1 saturated heterocycles.